The Morgan fingerprint density at radius 3 is 1.79 bits per heavy atom. The SMILES string of the molecule is CCC[C@H](NC(=O)[C@H](Cc1cnc[nH]1)NC(=O)CNC(=O)[C@@H](NC(=O)[C@H](C)NC(=O)[C@H](Cc1c[nH]c2ccccc12)NC(=O)[C@H](CCC(N)=O)NC(=O)CCCCNC(=O)CNC(=O)[C@H](CS)NC(=O)CNC(=O)CN(C)C)C(C)C)C(=O)N[C@@H](CCSC)C(N)=O. The van der Waals surface area contributed by atoms with Gasteiger partial charge in [0.05, 0.1) is 32.5 Å². The van der Waals surface area contributed by atoms with Crippen molar-refractivity contribution in [1.29, 1.82) is 0 Å². The summed E-state index contributed by atoms with van der Waals surface area (Å²) >= 11 is 5.55. The highest BCUT2D eigenvalue weighted by Crippen LogP contribution is 2.20. The third-order valence-electron chi connectivity index (χ3n) is 13.9. The van der Waals surface area contributed by atoms with Crippen molar-refractivity contribution in [3.8, 4) is 0 Å². The van der Waals surface area contributed by atoms with Crippen molar-refractivity contribution in [2.24, 2.45) is 17.4 Å². The number of likely N-dealkylation sites (N-methyl/N-ethyl adjacent to an activating group) is 1. The zero-order chi connectivity index (χ0) is 68.5. The number of benzene rings is 1. The van der Waals surface area contributed by atoms with E-state index in [1.165, 1.54) is 31.2 Å². The Balaban J connectivity index is 1.65. The maximum absolute atomic E-state index is 14.3. The Hall–Kier alpha value is -8.79. The topological polar surface area (TPSA) is 483 Å². The van der Waals surface area contributed by atoms with Crippen LogP contribution < -0.4 is 75.3 Å². The van der Waals surface area contributed by atoms with Gasteiger partial charge in [0.1, 0.15) is 48.3 Å². The maximum atomic E-state index is 14.3. The maximum Gasteiger partial charge on any atom is 0.243 e. The second kappa shape index (κ2) is 40.8. The monoisotopic (exact) mass is 1330 g/mol. The van der Waals surface area contributed by atoms with Crippen LogP contribution in [0.1, 0.15) is 90.3 Å². The van der Waals surface area contributed by atoms with Crippen LogP contribution in [-0.4, -0.2) is 215 Å². The summed E-state index contributed by atoms with van der Waals surface area (Å²) in [5.74, 6) is -10.2. The number of thioether (sulfide) groups is 1. The molecule has 0 aliphatic carbocycles. The number of hydrogen-bond donors (Lipinski definition) is 17. The van der Waals surface area contributed by atoms with E-state index in [1.807, 2.05) is 6.26 Å². The number of aromatic nitrogens is 3. The zero-order valence-corrected chi connectivity index (χ0v) is 54.6. The van der Waals surface area contributed by atoms with E-state index in [9.17, 15) is 67.1 Å². The number of nitrogens with zero attached hydrogens (tertiary/aromatic N) is 2. The molecule has 92 heavy (non-hydrogen) atoms. The molecule has 0 aliphatic rings. The van der Waals surface area contributed by atoms with E-state index in [4.69, 9.17) is 11.5 Å². The van der Waals surface area contributed by atoms with E-state index in [2.05, 4.69) is 91.4 Å². The minimum atomic E-state index is -1.41. The molecule has 2 aromatic heterocycles. The smallest absolute Gasteiger partial charge is 0.243 e. The minimum Gasteiger partial charge on any atom is -0.370 e. The number of amides is 14. The van der Waals surface area contributed by atoms with Gasteiger partial charge in [-0.3, -0.25) is 67.1 Å². The van der Waals surface area contributed by atoms with Gasteiger partial charge in [-0.2, -0.15) is 24.4 Å². The summed E-state index contributed by atoms with van der Waals surface area (Å²) in [5, 5.41) is 31.3. The molecule has 18 N–H and O–H groups in total. The van der Waals surface area contributed by atoms with Crippen LogP contribution in [0.3, 0.4) is 0 Å². The summed E-state index contributed by atoms with van der Waals surface area (Å²) in [6.07, 6.45) is 6.68. The van der Waals surface area contributed by atoms with Crippen molar-refractivity contribution in [2.75, 3.05) is 64.6 Å². The molecule has 0 aliphatic heterocycles. The highest BCUT2D eigenvalue weighted by atomic mass is 32.2. The van der Waals surface area contributed by atoms with Crippen LogP contribution in [0.5, 0.6) is 0 Å². The minimum absolute atomic E-state index is 0.0566. The molecule has 0 fully saturated rings. The van der Waals surface area contributed by atoms with Crippen molar-refractivity contribution < 1.29 is 67.1 Å². The molecule has 34 heteroatoms. The van der Waals surface area contributed by atoms with E-state index in [-0.39, 0.29) is 83.2 Å². The number of nitrogens with one attached hydrogen (secondary N) is 14. The fraction of sp³-hybridized carbons (Fsp3) is 0.569. The summed E-state index contributed by atoms with van der Waals surface area (Å²) < 4.78 is 0. The van der Waals surface area contributed by atoms with Gasteiger partial charge in [-0.1, -0.05) is 45.4 Å². The highest BCUT2D eigenvalue weighted by molar-refractivity contribution is 7.98. The van der Waals surface area contributed by atoms with Gasteiger partial charge in [0.25, 0.3) is 0 Å². The Kier molecular flexibility index (Phi) is 34.4. The van der Waals surface area contributed by atoms with Crippen LogP contribution in [0.4, 0.5) is 0 Å². The summed E-state index contributed by atoms with van der Waals surface area (Å²) in [7, 11) is 3.36. The van der Waals surface area contributed by atoms with Crippen LogP contribution in [0.15, 0.2) is 43.0 Å². The van der Waals surface area contributed by atoms with Gasteiger partial charge in [-0.25, -0.2) is 4.98 Å². The summed E-state index contributed by atoms with van der Waals surface area (Å²) in [6, 6.07) is -2.74. The van der Waals surface area contributed by atoms with Gasteiger partial charge < -0.3 is 90.1 Å². The number of rotatable bonds is 43. The molecule has 14 amide bonds. The van der Waals surface area contributed by atoms with Gasteiger partial charge in [0, 0.05) is 67.0 Å². The van der Waals surface area contributed by atoms with Gasteiger partial charge in [-0.05, 0) is 82.7 Å². The molecule has 3 rings (SSSR count). The van der Waals surface area contributed by atoms with Crippen LogP contribution >= 0.6 is 24.4 Å². The fourth-order valence-corrected chi connectivity index (χ4v) is 9.67. The van der Waals surface area contributed by atoms with Crippen molar-refractivity contribution in [3.05, 3.63) is 54.2 Å². The summed E-state index contributed by atoms with van der Waals surface area (Å²) in [4.78, 5) is 195. The standard InChI is InChI=1S/C58H90N18O14S2/c1-8-13-39(54(86)72-38(51(60)83)19-21-92-7)73-57(89)42(23-35-25-61-31-67-35)70-48(81)28-66-58(90)50(32(2)3)75-52(84)33(4)68-56(88)41(22-34-24-63-37-15-10-9-14-36(34)37)74-55(87)40(17-18-44(59)77)69-45(78)16-11-12-20-62-46(79)26-65-53(85)43(30-91)71-47(80)27-64-49(82)29-76(5)6/h9-10,14-15,24-25,31-33,38-43,50,63,91H,8,11-13,16-23,26-30H2,1-7H3,(H2,59,77)(H2,60,83)(H,61,67)(H,62,79)(H,64,82)(H,65,85)(H,66,90)(H,68,88)(H,69,78)(H,70,81)(H,71,80)(H,72,86)(H,73,89)(H,74,87)(H,75,84)/t33-,38-,39-,40-,41-,42-,43-,50-/m0/s1. The van der Waals surface area contributed by atoms with Crippen molar-refractivity contribution >= 4 is 118 Å². The zero-order valence-electron chi connectivity index (χ0n) is 52.9. The lowest BCUT2D eigenvalue weighted by molar-refractivity contribution is -0.135. The molecule has 32 nitrogen and oxygen atoms in total. The number of para-hydroxylation sites is 1. The Morgan fingerprint density at radius 2 is 1.17 bits per heavy atom. The van der Waals surface area contributed by atoms with E-state index in [0.29, 0.717) is 34.3 Å². The Morgan fingerprint density at radius 1 is 0.587 bits per heavy atom. The first-order valence-electron chi connectivity index (χ1n) is 30.0. The number of imidazole rings is 1. The first kappa shape index (κ1) is 77.5. The normalized spacial score (nSPS) is 13.7. The lowest BCUT2D eigenvalue weighted by Gasteiger charge is -2.26. The van der Waals surface area contributed by atoms with Gasteiger partial charge in [0.2, 0.25) is 82.7 Å². The van der Waals surface area contributed by atoms with E-state index >= 15 is 0 Å². The van der Waals surface area contributed by atoms with Crippen LogP contribution in [0.2, 0.25) is 0 Å². The molecule has 3 aromatic rings. The van der Waals surface area contributed by atoms with E-state index in [0.717, 1.165) is 0 Å². The summed E-state index contributed by atoms with van der Waals surface area (Å²) in [5.41, 5.74) is 12.7. The molecule has 0 bridgehead atoms. The van der Waals surface area contributed by atoms with Crippen LogP contribution in [0, 0.1) is 5.92 Å². The van der Waals surface area contributed by atoms with Crippen molar-refractivity contribution in [3.63, 3.8) is 0 Å². The predicted octanol–water partition coefficient (Wildman–Crippen LogP) is -4.34. The number of nitrogens with two attached hydrogens (primary N) is 2. The molecule has 508 valence electrons. The molecule has 0 spiro atoms. The number of aromatic amines is 2. The number of hydrogen-bond acceptors (Lipinski definition) is 18. The number of H-pyrrole nitrogens is 2. The number of primary amides is 2. The third kappa shape index (κ3) is 28.6. The molecular weight excluding hydrogens is 1240 g/mol. The Labute approximate surface area is 543 Å². The van der Waals surface area contributed by atoms with Gasteiger partial charge in [-0.15, -0.1) is 0 Å². The summed E-state index contributed by atoms with van der Waals surface area (Å²) in [6.45, 7) is 5.03. The molecule has 0 unspecified atom stereocenters. The predicted molar refractivity (Wildman–Crippen MR) is 344 cm³/mol. The molecule has 8 atom stereocenters. The van der Waals surface area contributed by atoms with Gasteiger partial charge >= 0.3 is 0 Å². The number of thiol groups is 1. The van der Waals surface area contributed by atoms with Gasteiger partial charge in [0.15, 0.2) is 0 Å². The van der Waals surface area contributed by atoms with Crippen LogP contribution in [-0.2, 0) is 80.0 Å². The average Bonchev–Trinajstić information content (AvgIpc) is 1.84. The first-order valence-corrected chi connectivity index (χ1v) is 32.0. The molecule has 0 saturated heterocycles. The molecule has 0 saturated carbocycles. The van der Waals surface area contributed by atoms with E-state index < -0.39 is 150 Å². The largest absolute Gasteiger partial charge is 0.370 e. The number of unbranched alkanes of at least 4 members (excludes halogenated alkanes) is 1. The van der Waals surface area contributed by atoms with Crippen molar-refractivity contribution in [1.82, 2.24) is 83.7 Å². The average molecular weight is 1330 g/mol. The quantitative estimate of drug-likeness (QED) is 0.0188. The number of fused-ring (bicyclic) bond motifs is 1. The molecular formula is C58H90N18O14S2. The molecule has 2 heterocycles. The van der Waals surface area contributed by atoms with E-state index in [1.54, 1.807) is 70.2 Å². The Bertz CT molecular complexity index is 3000. The van der Waals surface area contributed by atoms with Crippen LogP contribution in [0.25, 0.3) is 10.9 Å². The molecule has 0 radical (unpaired) electrons. The second-order valence-electron chi connectivity index (χ2n) is 22.3. The highest BCUT2D eigenvalue weighted by Gasteiger charge is 2.34. The fourth-order valence-electron chi connectivity index (χ4n) is 8.94. The number of carbonyl (C=O) groups excluding carboxylic acids is 14. The third-order valence-corrected chi connectivity index (χ3v) is 14.9. The van der Waals surface area contributed by atoms with Crippen molar-refractivity contribution in [2.45, 2.75) is 140 Å². The lowest BCUT2D eigenvalue weighted by atomic mass is 10.0. The first-order chi connectivity index (χ1) is 43.7. The number of carbonyl (C=O) groups is 14. The lowest BCUT2D eigenvalue weighted by Crippen LogP contribution is -2.59. The second-order valence-corrected chi connectivity index (χ2v) is 23.6. The molecule has 1 aromatic carbocycles.